The Morgan fingerprint density at radius 1 is 1.21 bits per heavy atom. The zero-order valence-corrected chi connectivity index (χ0v) is 14.4. The first-order valence-electron chi connectivity index (χ1n) is 7.91. The molecular formula is C16H16Cl2N4O2. The molecule has 8 heteroatoms. The van der Waals surface area contributed by atoms with Crippen LogP contribution in [0.5, 0.6) is 0 Å². The number of hydrogen-bond acceptors (Lipinski definition) is 4. The van der Waals surface area contributed by atoms with Gasteiger partial charge in [-0.1, -0.05) is 23.2 Å². The molecule has 2 aliphatic heterocycles. The van der Waals surface area contributed by atoms with Crippen LogP contribution in [0.25, 0.3) is 11.4 Å². The number of carbonyl (C=O) groups is 1. The van der Waals surface area contributed by atoms with Crippen molar-refractivity contribution in [3.8, 4) is 11.4 Å². The van der Waals surface area contributed by atoms with Gasteiger partial charge in [-0.25, -0.2) is 0 Å². The first-order chi connectivity index (χ1) is 11.6. The molecule has 0 radical (unpaired) electrons. The summed E-state index contributed by atoms with van der Waals surface area (Å²) in [6, 6.07) is 4.97. The number of rotatable bonds is 2. The number of carbonyl (C=O) groups excluding carboxylic acids is 1. The van der Waals surface area contributed by atoms with Gasteiger partial charge in [-0.2, -0.15) is 0 Å². The van der Waals surface area contributed by atoms with Crippen molar-refractivity contribution in [1.29, 1.82) is 0 Å². The van der Waals surface area contributed by atoms with E-state index in [0.717, 1.165) is 24.2 Å². The smallest absolute Gasteiger partial charge is 0.245 e. The number of hydrogen-bond donors (Lipinski definition) is 0. The number of halogens is 2. The molecule has 0 saturated carbocycles. The highest BCUT2D eigenvalue weighted by Crippen LogP contribution is 2.36. The number of fused-ring (bicyclic) bond motifs is 1. The maximum Gasteiger partial charge on any atom is 0.245 e. The molecular weight excluding hydrogens is 351 g/mol. The molecule has 3 heterocycles. The highest BCUT2D eigenvalue weighted by molar-refractivity contribution is 6.36. The van der Waals surface area contributed by atoms with Crippen LogP contribution in [-0.2, 0) is 16.0 Å². The van der Waals surface area contributed by atoms with Crippen LogP contribution < -0.4 is 0 Å². The van der Waals surface area contributed by atoms with Crippen LogP contribution in [0.4, 0.5) is 0 Å². The number of aromatic nitrogens is 3. The van der Waals surface area contributed by atoms with Gasteiger partial charge in [0.15, 0.2) is 5.82 Å². The molecule has 1 saturated heterocycles. The van der Waals surface area contributed by atoms with Gasteiger partial charge in [0.05, 0.1) is 18.2 Å². The van der Waals surface area contributed by atoms with Crippen molar-refractivity contribution < 1.29 is 9.53 Å². The summed E-state index contributed by atoms with van der Waals surface area (Å²) < 4.78 is 7.26. The summed E-state index contributed by atoms with van der Waals surface area (Å²) in [6.45, 7) is 2.43. The van der Waals surface area contributed by atoms with Crippen LogP contribution in [0.15, 0.2) is 18.2 Å². The van der Waals surface area contributed by atoms with Crippen LogP contribution in [0.3, 0.4) is 0 Å². The predicted molar refractivity (Wildman–Crippen MR) is 90.2 cm³/mol. The van der Waals surface area contributed by atoms with Gasteiger partial charge in [0, 0.05) is 30.1 Å². The minimum Gasteiger partial charge on any atom is -0.378 e. The van der Waals surface area contributed by atoms with E-state index in [1.807, 2.05) is 15.5 Å². The molecule has 0 N–H and O–H groups in total. The van der Waals surface area contributed by atoms with Gasteiger partial charge in [0.2, 0.25) is 5.91 Å². The Bertz CT molecular complexity index is 786. The Kier molecular flexibility index (Phi) is 4.20. The number of amides is 1. The van der Waals surface area contributed by atoms with Gasteiger partial charge < -0.3 is 9.64 Å². The summed E-state index contributed by atoms with van der Waals surface area (Å²) in [5.41, 5.74) is 0.737. The van der Waals surface area contributed by atoms with Crippen LogP contribution in [0, 0.1) is 0 Å². The van der Waals surface area contributed by atoms with E-state index in [-0.39, 0.29) is 11.9 Å². The van der Waals surface area contributed by atoms with Gasteiger partial charge in [0.1, 0.15) is 11.9 Å². The lowest BCUT2D eigenvalue weighted by molar-refractivity contribution is -0.138. The van der Waals surface area contributed by atoms with Crippen LogP contribution in [0.2, 0.25) is 10.0 Å². The summed E-state index contributed by atoms with van der Waals surface area (Å²) in [7, 11) is 0. The largest absolute Gasteiger partial charge is 0.378 e. The second kappa shape index (κ2) is 6.35. The van der Waals surface area contributed by atoms with E-state index < -0.39 is 0 Å². The summed E-state index contributed by atoms with van der Waals surface area (Å²) in [4.78, 5) is 14.8. The highest BCUT2D eigenvalue weighted by atomic mass is 35.5. The fourth-order valence-corrected chi connectivity index (χ4v) is 3.79. The third kappa shape index (κ3) is 2.68. The average molecular weight is 367 g/mol. The van der Waals surface area contributed by atoms with Crippen molar-refractivity contribution in [2.24, 2.45) is 0 Å². The second-order valence-corrected chi connectivity index (χ2v) is 6.77. The lowest BCUT2D eigenvalue weighted by Crippen LogP contribution is -2.43. The Morgan fingerprint density at radius 3 is 2.75 bits per heavy atom. The van der Waals surface area contributed by atoms with Crippen LogP contribution in [-0.4, -0.2) is 51.9 Å². The average Bonchev–Trinajstić information content (AvgIpc) is 3.17. The molecule has 1 aromatic heterocycles. The van der Waals surface area contributed by atoms with Crippen LogP contribution in [0.1, 0.15) is 18.3 Å². The summed E-state index contributed by atoms with van der Waals surface area (Å²) in [5, 5.41) is 9.57. The predicted octanol–water partition coefficient (Wildman–Crippen LogP) is 2.60. The molecule has 1 unspecified atom stereocenters. The molecule has 1 atom stereocenters. The number of aryl methyl sites for hydroxylation is 1. The maximum atomic E-state index is 12.9. The van der Waals surface area contributed by atoms with Crippen molar-refractivity contribution in [2.75, 3.05) is 26.3 Å². The van der Waals surface area contributed by atoms with E-state index in [1.165, 1.54) is 0 Å². The Balaban J connectivity index is 1.70. The zero-order valence-electron chi connectivity index (χ0n) is 12.9. The van der Waals surface area contributed by atoms with E-state index in [2.05, 4.69) is 10.2 Å². The van der Waals surface area contributed by atoms with Gasteiger partial charge in [-0.15, -0.1) is 10.2 Å². The molecule has 1 fully saturated rings. The number of ether oxygens (including phenoxy) is 1. The Morgan fingerprint density at radius 2 is 2.00 bits per heavy atom. The fraction of sp³-hybridized carbons (Fsp3) is 0.438. The molecule has 1 amide bonds. The number of nitrogens with zero attached hydrogens (tertiary/aromatic N) is 4. The van der Waals surface area contributed by atoms with Crippen molar-refractivity contribution in [3.05, 3.63) is 34.1 Å². The van der Waals surface area contributed by atoms with E-state index in [9.17, 15) is 4.79 Å². The molecule has 2 aliphatic rings. The molecule has 6 nitrogen and oxygen atoms in total. The monoisotopic (exact) mass is 366 g/mol. The minimum atomic E-state index is -0.283. The van der Waals surface area contributed by atoms with Crippen molar-refractivity contribution in [3.63, 3.8) is 0 Å². The summed E-state index contributed by atoms with van der Waals surface area (Å²) >= 11 is 12.3. The van der Waals surface area contributed by atoms with Crippen molar-refractivity contribution >= 4 is 29.1 Å². The highest BCUT2D eigenvalue weighted by Gasteiger charge is 2.36. The molecule has 126 valence electrons. The first kappa shape index (κ1) is 15.9. The van der Waals surface area contributed by atoms with E-state index in [0.29, 0.717) is 42.2 Å². The summed E-state index contributed by atoms with van der Waals surface area (Å²) in [6.07, 6.45) is 1.47. The van der Waals surface area contributed by atoms with E-state index >= 15 is 0 Å². The Hall–Kier alpha value is -1.63. The van der Waals surface area contributed by atoms with Crippen LogP contribution >= 0.6 is 23.2 Å². The number of morpholine rings is 1. The first-order valence-corrected chi connectivity index (χ1v) is 8.66. The standard InChI is InChI=1S/C16H16Cl2N4O2/c17-10-1-2-11(12(18)9-10)15-20-19-14-4-3-13(22(14)15)16(23)21-5-7-24-8-6-21/h1-2,9,13H,3-8H2. The van der Waals surface area contributed by atoms with Crippen molar-refractivity contribution in [1.82, 2.24) is 19.7 Å². The van der Waals surface area contributed by atoms with E-state index in [4.69, 9.17) is 27.9 Å². The minimum absolute atomic E-state index is 0.100. The maximum absolute atomic E-state index is 12.9. The molecule has 1 aromatic carbocycles. The topological polar surface area (TPSA) is 60.2 Å². The quantitative estimate of drug-likeness (QED) is 0.819. The molecule has 0 bridgehead atoms. The van der Waals surface area contributed by atoms with Gasteiger partial charge in [-0.3, -0.25) is 9.36 Å². The summed E-state index contributed by atoms with van der Waals surface area (Å²) in [5.74, 6) is 1.54. The third-order valence-corrected chi connectivity index (χ3v) is 5.05. The Labute approximate surface area is 149 Å². The second-order valence-electron chi connectivity index (χ2n) is 5.93. The van der Waals surface area contributed by atoms with Gasteiger partial charge in [-0.05, 0) is 24.6 Å². The number of benzene rings is 1. The van der Waals surface area contributed by atoms with Crippen molar-refractivity contribution in [2.45, 2.75) is 18.9 Å². The lowest BCUT2D eigenvalue weighted by Gasteiger charge is -2.29. The third-order valence-electron chi connectivity index (χ3n) is 4.50. The van der Waals surface area contributed by atoms with E-state index in [1.54, 1.807) is 12.1 Å². The molecule has 0 spiro atoms. The lowest BCUT2D eigenvalue weighted by atomic mass is 10.1. The molecule has 24 heavy (non-hydrogen) atoms. The SMILES string of the molecule is O=C(C1CCc2nnc(-c3ccc(Cl)cc3Cl)n21)N1CCOCC1. The van der Waals surface area contributed by atoms with Gasteiger partial charge >= 0.3 is 0 Å². The molecule has 2 aromatic rings. The zero-order chi connectivity index (χ0) is 16.7. The molecule has 0 aliphatic carbocycles. The normalized spacial score (nSPS) is 20.2. The fourth-order valence-electron chi connectivity index (χ4n) is 3.30. The molecule has 4 rings (SSSR count). The van der Waals surface area contributed by atoms with Gasteiger partial charge in [0.25, 0.3) is 0 Å².